The van der Waals surface area contributed by atoms with Crippen LogP contribution in [0.15, 0.2) is 55.7 Å². The number of nitrogens with zero attached hydrogens (tertiary/aromatic N) is 6. The Morgan fingerprint density at radius 2 is 1.52 bits per heavy atom. The third kappa shape index (κ3) is 7.07. The summed E-state index contributed by atoms with van der Waals surface area (Å²) in [5, 5.41) is 2.62. The number of fused-ring (bicyclic) bond motifs is 1. The normalized spacial score (nSPS) is 12.2. The van der Waals surface area contributed by atoms with Crippen molar-refractivity contribution in [1.82, 2.24) is 32.9 Å². The molecule has 0 aliphatic carbocycles. The molecule has 1 atom stereocenters. The van der Waals surface area contributed by atoms with Gasteiger partial charge in [0.2, 0.25) is 5.78 Å². The average molecular weight is 582 g/mol. The van der Waals surface area contributed by atoms with Gasteiger partial charge >= 0.3 is 28.7 Å². The maximum absolute atomic E-state index is 12.8. The first-order valence-electron chi connectivity index (χ1n) is 14.5. The van der Waals surface area contributed by atoms with Crippen LogP contribution in [0, 0.1) is 6.92 Å². The highest BCUT2D eigenvalue weighted by Gasteiger charge is 2.15. The molecule has 4 aromatic rings. The van der Waals surface area contributed by atoms with E-state index in [1.165, 1.54) is 25.1 Å². The predicted octanol–water partition coefficient (Wildman–Crippen LogP) is 2.29. The topological polar surface area (TPSA) is 147 Å². The van der Waals surface area contributed by atoms with Crippen LogP contribution in [0.3, 0.4) is 0 Å². The molecule has 0 aliphatic rings. The number of carbonyl (C=O) groups is 1. The molecule has 0 unspecified atom stereocenters. The van der Waals surface area contributed by atoms with E-state index in [1.807, 2.05) is 6.07 Å². The molecule has 3 heterocycles. The van der Waals surface area contributed by atoms with Crippen LogP contribution < -0.4 is 22.8 Å². The van der Waals surface area contributed by atoms with E-state index in [9.17, 15) is 24.0 Å². The van der Waals surface area contributed by atoms with E-state index in [0.717, 1.165) is 43.1 Å². The zero-order valence-electron chi connectivity index (χ0n) is 24.5. The Labute approximate surface area is 242 Å². The van der Waals surface area contributed by atoms with Gasteiger partial charge in [0.25, 0.3) is 0 Å². The number of hydrogen-bond acceptors (Lipinski definition) is 7. The molecular formula is C29H39N7O6. The fourth-order valence-corrected chi connectivity index (χ4v) is 5.25. The molecule has 3 aromatic heterocycles. The van der Waals surface area contributed by atoms with E-state index in [1.54, 1.807) is 44.4 Å². The van der Waals surface area contributed by atoms with Gasteiger partial charge in [0.15, 0.2) is 0 Å². The first-order valence-corrected chi connectivity index (χ1v) is 14.5. The first kappa shape index (κ1) is 30.5. The van der Waals surface area contributed by atoms with E-state index in [-0.39, 0.29) is 24.3 Å². The quantitative estimate of drug-likeness (QED) is 0.167. The third-order valence-corrected chi connectivity index (χ3v) is 7.43. The molecule has 1 aromatic carbocycles. The van der Waals surface area contributed by atoms with E-state index in [2.05, 4.69) is 10.1 Å². The fourth-order valence-electron chi connectivity index (χ4n) is 5.25. The summed E-state index contributed by atoms with van der Waals surface area (Å²) >= 11 is 0. The lowest BCUT2D eigenvalue weighted by Crippen LogP contribution is -2.43. The number of para-hydroxylation sites is 1. The Balaban J connectivity index is 1.19. The summed E-state index contributed by atoms with van der Waals surface area (Å²) in [6.45, 7) is 3.88. The van der Waals surface area contributed by atoms with E-state index in [4.69, 9.17) is 4.74 Å². The van der Waals surface area contributed by atoms with E-state index in [0.29, 0.717) is 43.0 Å². The molecule has 0 saturated carbocycles. The van der Waals surface area contributed by atoms with Crippen molar-refractivity contribution in [2.45, 2.75) is 90.8 Å². The van der Waals surface area contributed by atoms with Crippen molar-refractivity contribution in [3.8, 4) is 5.69 Å². The number of aromatic amines is 1. The largest absolute Gasteiger partial charge is 0.463 e. The molecular weight excluding hydrogens is 542 g/mol. The Bertz CT molecular complexity index is 1740. The summed E-state index contributed by atoms with van der Waals surface area (Å²) in [5.74, 6) is -0.00678. The van der Waals surface area contributed by atoms with Crippen molar-refractivity contribution in [3.63, 3.8) is 0 Å². The van der Waals surface area contributed by atoms with Gasteiger partial charge in [0.1, 0.15) is 6.10 Å². The first-order chi connectivity index (χ1) is 20.2. The van der Waals surface area contributed by atoms with Gasteiger partial charge in [-0.15, -0.1) is 0 Å². The van der Waals surface area contributed by atoms with E-state index >= 15 is 0 Å². The Morgan fingerprint density at radius 3 is 2.24 bits per heavy atom. The minimum Gasteiger partial charge on any atom is -0.463 e. The predicted molar refractivity (Wildman–Crippen MR) is 157 cm³/mol. The second kappa shape index (κ2) is 14.0. The van der Waals surface area contributed by atoms with Crippen LogP contribution in [-0.2, 0) is 29.7 Å². The van der Waals surface area contributed by atoms with Gasteiger partial charge < -0.3 is 4.74 Å². The van der Waals surface area contributed by atoms with Gasteiger partial charge in [-0.25, -0.2) is 47.5 Å². The van der Waals surface area contributed by atoms with Gasteiger partial charge in [-0.2, -0.15) is 0 Å². The number of unbranched alkanes of at least 4 members (excludes halogenated alkanes) is 5. The van der Waals surface area contributed by atoms with Gasteiger partial charge in [-0.3, -0.25) is 9.36 Å². The minimum atomic E-state index is -0.452. The standard InChI is InChI=1S/C29H39N7O6/c1-21-20-30-25-32(3)27(39)33(28(40)35(21)25)18-13-11-17-24(42-22(2)37)16-10-5-4-6-12-19-34-29(41)36(26(38)31-34)23-14-8-7-9-15-23/h7-9,14-15,20,24H,4-6,10-13,16-19H2,1-3H3,(H,31,38)/t24-/m1/s1. The Hall–Kier alpha value is -4.42. The molecule has 0 amide bonds. The Morgan fingerprint density at radius 1 is 0.881 bits per heavy atom. The fraction of sp³-hybridized carbons (Fsp3) is 0.517. The second-order valence-corrected chi connectivity index (χ2v) is 10.6. The summed E-state index contributed by atoms with van der Waals surface area (Å²) in [6, 6.07) is 8.82. The van der Waals surface area contributed by atoms with Crippen molar-refractivity contribution in [2.24, 2.45) is 7.05 Å². The highest BCUT2D eigenvalue weighted by Crippen LogP contribution is 2.15. The van der Waals surface area contributed by atoms with Crippen LogP contribution >= 0.6 is 0 Å². The monoisotopic (exact) mass is 581 g/mol. The number of nitrogens with one attached hydrogen (secondary N) is 1. The number of esters is 1. The van der Waals surface area contributed by atoms with Crippen LogP contribution in [0.4, 0.5) is 0 Å². The molecule has 13 nitrogen and oxygen atoms in total. The summed E-state index contributed by atoms with van der Waals surface area (Å²) in [7, 11) is 1.60. The zero-order valence-corrected chi connectivity index (χ0v) is 24.5. The molecule has 13 heteroatoms. The SMILES string of the molecule is CC(=O)O[C@H](CCCCCCCn1[nH]c(=O)n(-c2ccccc2)c1=O)CCCCn1c(=O)n(C)c2ncc(C)n2c1=O. The number of imidazole rings is 1. The number of rotatable bonds is 15. The molecule has 4 rings (SSSR count). The zero-order chi connectivity index (χ0) is 30.2. The minimum absolute atomic E-state index is 0.221. The van der Waals surface area contributed by atoms with Crippen LogP contribution in [0.1, 0.15) is 70.4 Å². The molecule has 0 spiro atoms. The summed E-state index contributed by atoms with van der Waals surface area (Å²) < 4.78 is 12.0. The molecule has 0 fully saturated rings. The lowest BCUT2D eigenvalue weighted by Gasteiger charge is -2.17. The van der Waals surface area contributed by atoms with Gasteiger partial charge in [-0.05, 0) is 57.6 Å². The van der Waals surface area contributed by atoms with E-state index < -0.39 is 17.1 Å². The Kier molecular flexibility index (Phi) is 10.2. The number of aryl methyl sites for hydroxylation is 3. The number of aromatic nitrogens is 7. The van der Waals surface area contributed by atoms with Gasteiger partial charge in [0, 0.05) is 32.8 Å². The van der Waals surface area contributed by atoms with Crippen LogP contribution in [-0.4, -0.2) is 44.9 Å². The maximum Gasteiger partial charge on any atom is 0.351 e. The smallest absolute Gasteiger partial charge is 0.351 e. The lowest BCUT2D eigenvalue weighted by atomic mass is 10.0. The number of ether oxygens (including phenoxy) is 1. The van der Waals surface area contributed by atoms with Gasteiger partial charge in [-0.1, -0.05) is 37.5 Å². The third-order valence-electron chi connectivity index (χ3n) is 7.43. The van der Waals surface area contributed by atoms with Crippen LogP contribution in [0.5, 0.6) is 0 Å². The molecule has 0 aliphatic heterocycles. The molecule has 42 heavy (non-hydrogen) atoms. The van der Waals surface area contributed by atoms with Crippen molar-refractivity contribution in [3.05, 3.63) is 84.2 Å². The van der Waals surface area contributed by atoms with Crippen molar-refractivity contribution in [2.75, 3.05) is 0 Å². The summed E-state index contributed by atoms with van der Waals surface area (Å²) in [6.07, 6.45) is 8.46. The average Bonchev–Trinajstić information content (AvgIpc) is 3.49. The van der Waals surface area contributed by atoms with Crippen molar-refractivity contribution < 1.29 is 9.53 Å². The number of carbonyl (C=O) groups excluding carboxylic acids is 1. The van der Waals surface area contributed by atoms with Crippen LogP contribution in [0.25, 0.3) is 11.5 Å². The second-order valence-electron chi connectivity index (χ2n) is 10.6. The molecule has 0 radical (unpaired) electrons. The van der Waals surface area contributed by atoms with Crippen molar-refractivity contribution >= 4 is 11.7 Å². The molecule has 0 bridgehead atoms. The maximum atomic E-state index is 12.8. The molecule has 0 saturated heterocycles. The number of hydrogen-bond donors (Lipinski definition) is 1. The van der Waals surface area contributed by atoms with Crippen molar-refractivity contribution in [1.29, 1.82) is 0 Å². The number of benzene rings is 1. The molecule has 1 N–H and O–H groups in total. The van der Waals surface area contributed by atoms with Crippen LogP contribution in [0.2, 0.25) is 0 Å². The lowest BCUT2D eigenvalue weighted by molar-refractivity contribution is -0.147. The molecule has 226 valence electrons. The van der Waals surface area contributed by atoms with Gasteiger partial charge in [0.05, 0.1) is 11.9 Å². The summed E-state index contributed by atoms with van der Waals surface area (Å²) in [5.41, 5.74) is -0.428. The highest BCUT2D eigenvalue weighted by atomic mass is 16.5. The highest BCUT2D eigenvalue weighted by molar-refractivity contribution is 5.66. The number of H-pyrrole nitrogens is 1. The summed E-state index contributed by atoms with van der Waals surface area (Å²) in [4.78, 5) is 66.2.